The Balaban J connectivity index is 1.57. The zero-order valence-corrected chi connectivity index (χ0v) is 16.2. The fourth-order valence-electron chi connectivity index (χ4n) is 4.23. The number of anilines is 1. The molecule has 1 aliphatic heterocycles. The smallest absolute Gasteiger partial charge is 0.254 e. The van der Waals surface area contributed by atoms with Gasteiger partial charge >= 0.3 is 0 Å². The van der Waals surface area contributed by atoms with Gasteiger partial charge in [0.1, 0.15) is 12.0 Å². The fraction of sp³-hybridized carbons (Fsp3) is 0.550. The van der Waals surface area contributed by atoms with Crippen LogP contribution in [-0.2, 0) is 9.59 Å². The van der Waals surface area contributed by atoms with Gasteiger partial charge in [-0.15, -0.1) is 0 Å². The zero-order valence-electron chi connectivity index (χ0n) is 16.2. The van der Waals surface area contributed by atoms with Gasteiger partial charge in [-0.25, -0.2) is 4.39 Å². The molecule has 3 unspecified atom stereocenters. The molecule has 2 aromatic heterocycles. The van der Waals surface area contributed by atoms with E-state index in [0.29, 0.717) is 47.3 Å². The maximum atomic E-state index is 13.9. The molecule has 9 heteroatoms. The van der Waals surface area contributed by atoms with E-state index in [1.165, 1.54) is 12.8 Å². The van der Waals surface area contributed by atoms with Crippen molar-refractivity contribution in [3.05, 3.63) is 23.2 Å². The number of aromatic nitrogens is 4. The Labute approximate surface area is 167 Å². The number of nitrogens with one attached hydrogen (secondary N) is 2. The molecule has 3 fully saturated rings. The molecule has 0 bridgehead atoms. The molecule has 3 atom stereocenters. The van der Waals surface area contributed by atoms with Crippen LogP contribution >= 0.6 is 0 Å². The molecule has 2 saturated carbocycles. The van der Waals surface area contributed by atoms with Crippen molar-refractivity contribution in [1.82, 2.24) is 24.9 Å². The number of alkyl halides is 1. The van der Waals surface area contributed by atoms with Gasteiger partial charge in [-0.2, -0.15) is 19.6 Å². The van der Waals surface area contributed by atoms with Crippen LogP contribution in [0.4, 0.5) is 10.3 Å². The van der Waals surface area contributed by atoms with E-state index in [1.807, 2.05) is 0 Å². The predicted molar refractivity (Wildman–Crippen MR) is 104 cm³/mol. The average molecular weight is 398 g/mol. The molecule has 152 valence electrons. The summed E-state index contributed by atoms with van der Waals surface area (Å²) in [5.74, 6) is 1.09. The number of amides is 2. The van der Waals surface area contributed by atoms with Crippen LogP contribution < -0.4 is 10.6 Å². The van der Waals surface area contributed by atoms with Crippen molar-refractivity contribution < 1.29 is 14.0 Å². The number of halogens is 1. The van der Waals surface area contributed by atoms with E-state index in [9.17, 15) is 14.0 Å². The van der Waals surface area contributed by atoms with Crippen LogP contribution in [0.15, 0.2) is 11.8 Å². The van der Waals surface area contributed by atoms with E-state index in [-0.39, 0.29) is 30.2 Å². The summed E-state index contributed by atoms with van der Waals surface area (Å²) in [5.41, 5.74) is 1.59. The fourth-order valence-corrected chi connectivity index (χ4v) is 4.23. The molecule has 2 aromatic rings. The first-order chi connectivity index (χ1) is 14.0. The topological polar surface area (TPSA) is 101 Å². The van der Waals surface area contributed by atoms with E-state index in [1.54, 1.807) is 16.8 Å². The molecule has 3 heterocycles. The van der Waals surface area contributed by atoms with Gasteiger partial charge in [0.25, 0.3) is 5.91 Å². The monoisotopic (exact) mass is 398 g/mol. The number of carbonyl (C=O) groups is 2. The molecule has 2 N–H and O–H groups in total. The number of hydrogen-bond donors (Lipinski definition) is 2. The van der Waals surface area contributed by atoms with Crippen molar-refractivity contribution in [2.24, 2.45) is 5.92 Å². The molecule has 5 rings (SSSR count). The number of fused-ring (bicyclic) bond motifs is 1. The van der Waals surface area contributed by atoms with Crippen LogP contribution in [0.3, 0.4) is 0 Å². The summed E-state index contributed by atoms with van der Waals surface area (Å²) in [6.07, 6.45) is 6.56. The molecular weight excluding hydrogens is 375 g/mol. The Morgan fingerprint density at radius 1 is 1.28 bits per heavy atom. The maximum absolute atomic E-state index is 13.9. The third-order valence-corrected chi connectivity index (χ3v) is 6.07. The molecule has 1 saturated heterocycles. The zero-order chi connectivity index (χ0) is 20.1. The molecule has 8 nitrogen and oxygen atoms in total. The lowest BCUT2D eigenvalue weighted by atomic mass is 10.1. The molecule has 0 aromatic carbocycles. The second kappa shape index (κ2) is 6.89. The van der Waals surface area contributed by atoms with Crippen molar-refractivity contribution in [1.29, 1.82) is 0 Å². The first-order valence-corrected chi connectivity index (χ1v) is 10.2. The Kier molecular flexibility index (Phi) is 4.33. The maximum Gasteiger partial charge on any atom is 0.254 e. The lowest BCUT2D eigenvalue weighted by Gasteiger charge is -2.16. The number of rotatable bonds is 5. The van der Waals surface area contributed by atoms with Crippen molar-refractivity contribution in [3.8, 4) is 0 Å². The SMILES string of the molecule is CC(Nc1nc(C2CCC(F)C2)n2ncc(/C=C3\CC(=O)NC3=O)c2n1)C1CC1. The first kappa shape index (κ1) is 18.2. The number of nitrogens with zero attached hydrogens (tertiary/aromatic N) is 4. The second-order valence-electron chi connectivity index (χ2n) is 8.34. The molecule has 3 aliphatic rings. The normalized spacial score (nSPS) is 27.0. The minimum Gasteiger partial charge on any atom is -0.351 e. The summed E-state index contributed by atoms with van der Waals surface area (Å²) in [6, 6.07) is 0.255. The standard InChI is InChI=1S/C20H23FN6O2/c1-10(11-2-3-11)23-20-25-17(12-4-5-15(21)7-12)27-18(26-20)14(9-22-27)6-13-8-16(28)24-19(13)29/h6,9-12,15H,2-5,7-8H2,1H3,(H,23,26)(H,24,28,29)/b13-6+. The molecule has 2 aliphatic carbocycles. The molecular formula is C20H23FN6O2. The van der Waals surface area contributed by atoms with Crippen LogP contribution in [0.2, 0.25) is 0 Å². The van der Waals surface area contributed by atoms with Gasteiger partial charge in [-0.05, 0) is 51.0 Å². The highest BCUT2D eigenvalue weighted by Crippen LogP contribution is 2.37. The van der Waals surface area contributed by atoms with E-state index in [0.717, 1.165) is 6.42 Å². The van der Waals surface area contributed by atoms with Gasteiger partial charge in [0.2, 0.25) is 11.9 Å². The van der Waals surface area contributed by atoms with Crippen molar-refractivity contribution in [3.63, 3.8) is 0 Å². The van der Waals surface area contributed by atoms with Gasteiger partial charge in [0, 0.05) is 23.1 Å². The van der Waals surface area contributed by atoms with Crippen LogP contribution in [-0.4, -0.2) is 43.6 Å². The minimum atomic E-state index is -0.822. The molecule has 0 spiro atoms. The molecule has 0 radical (unpaired) electrons. The highest BCUT2D eigenvalue weighted by Gasteiger charge is 2.32. The summed E-state index contributed by atoms with van der Waals surface area (Å²) in [4.78, 5) is 32.8. The Bertz CT molecular complexity index is 1030. The van der Waals surface area contributed by atoms with Gasteiger partial charge in [0.15, 0.2) is 5.65 Å². The predicted octanol–water partition coefficient (Wildman–Crippen LogP) is 2.37. The number of hydrogen-bond acceptors (Lipinski definition) is 6. The van der Waals surface area contributed by atoms with Crippen molar-refractivity contribution in [2.75, 3.05) is 5.32 Å². The van der Waals surface area contributed by atoms with Crippen LogP contribution in [0.1, 0.15) is 62.8 Å². The number of imide groups is 1. The summed E-state index contributed by atoms with van der Waals surface area (Å²) in [5, 5.41) is 10.1. The third-order valence-electron chi connectivity index (χ3n) is 6.07. The highest BCUT2D eigenvalue weighted by atomic mass is 19.1. The number of carbonyl (C=O) groups excluding carboxylic acids is 2. The highest BCUT2D eigenvalue weighted by molar-refractivity contribution is 6.15. The lowest BCUT2D eigenvalue weighted by molar-refractivity contribution is -0.124. The Morgan fingerprint density at radius 3 is 2.76 bits per heavy atom. The quantitative estimate of drug-likeness (QED) is 0.592. The average Bonchev–Trinajstić information content (AvgIpc) is 3.22. The van der Waals surface area contributed by atoms with E-state index in [4.69, 9.17) is 4.98 Å². The van der Waals surface area contributed by atoms with Gasteiger partial charge in [0.05, 0.1) is 12.6 Å². The Morgan fingerprint density at radius 2 is 2.10 bits per heavy atom. The van der Waals surface area contributed by atoms with Gasteiger partial charge in [-0.3, -0.25) is 14.9 Å². The first-order valence-electron chi connectivity index (χ1n) is 10.2. The van der Waals surface area contributed by atoms with E-state index < -0.39 is 6.17 Å². The summed E-state index contributed by atoms with van der Waals surface area (Å²) in [6.45, 7) is 2.12. The van der Waals surface area contributed by atoms with Crippen molar-refractivity contribution in [2.45, 2.75) is 63.6 Å². The van der Waals surface area contributed by atoms with Crippen molar-refractivity contribution >= 4 is 29.5 Å². The summed E-state index contributed by atoms with van der Waals surface area (Å²) < 4.78 is 15.5. The van der Waals surface area contributed by atoms with Gasteiger partial charge in [-0.1, -0.05) is 0 Å². The second-order valence-corrected chi connectivity index (χ2v) is 8.34. The largest absolute Gasteiger partial charge is 0.351 e. The van der Waals surface area contributed by atoms with Crippen LogP contribution in [0.5, 0.6) is 0 Å². The van der Waals surface area contributed by atoms with E-state index >= 15 is 0 Å². The minimum absolute atomic E-state index is 0.0240. The van der Waals surface area contributed by atoms with Gasteiger partial charge < -0.3 is 5.32 Å². The van der Waals surface area contributed by atoms with E-state index in [2.05, 4.69) is 27.6 Å². The summed E-state index contributed by atoms with van der Waals surface area (Å²) in [7, 11) is 0. The van der Waals surface area contributed by atoms with Crippen LogP contribution in [0, 0.1) is 5.92 Å². The Hall–Kier alpha value is -2.84. The molecule has 29 heavy (non-hydrogen) atoms. The molecule has 2 amide bonds. The van der Waals surface area contributed by atoms with Crippen LogP contribution in [0.25, 0.3) is 11.7 Å². The lowest BCUT2D eigenvalue weighted by Crippen LogP contribution is -2.21. The summed E-state index contributed by atoms with van der Waals surface area (Å²) >= 11 is 0. The third kappa shape index (κ3) is 3.49.